The first kappa shape index (κ1) is 15.5. The predicted molar refractivity (Wildman–Crippen MR) is 82.8 cm³/mol. The molecule has 1 atom stereocenters. The Labute approximate surface area is 125 Å². The van der Waals surface area contributed by atoms with E-state index < -0.39 is 10.0 Å². The van der Waals surface area contributed by atoms with Crippen molar-refractivity contribution in [3.63, 3.8) is 0 Å². The van der Waals surface area contributed by atoms with Gasteiger partial charge >= 0.3 is 0 Å². The Hall–Kier alpha value is -0.880. The maximum absolute atomic E-state index is 12.3. The third-order valence-corrected chi connectivity index (χ3v) is 5.26. The third-order valence-electron chi connectivity index (χ3n) is 3.48. The monoisotopic (exact) mass is 314 g/mol. The van der Waals surface area contributed by atoms with Crippen LogP contribution >= 0.6 is 11.6 Å². The first-order valence-electron chi connectivity index (χ1n) is 6.65. The summed E-state index contributed by atoms with van der Waals surface area (Å²) in [5.41, 5.74) is 6.45. The summed E-state index contributed by atoms with van der Waals surface area (Å²) in [4.78, 5) is 0. The predicted octanol–water partition coefficient (Wildman–Crippen LogP) is 2.31. The first-order valence-corrected chi connectivity index (χ1v) is 8.53. The van der Waals surface area contributed by atoms with Gasteiger partial charge in [-0.05, 0) is 49.1 Å². The fourth-order valence-electron chi connectivity index (χ4n) is 2.27. The number of hydrogen-bond acceptors (Lipinski definition) is 3. The minimum Gasteiger partial charge on any atom is -0.330 e. The lowest BCUT2D eigenvalue weighted by atomic mass is 10.0. The van der Waals surface area contributed by atoms with Crippen LogP contribution in [0.15, 0.2) is 29.7 Å². The van der Waals surface area contributed by atoms with Gasteiger partial charge in [0.15, 0.2) is 0 Å². The molecule has 1 aromatic rings. The zero-order valence-electron chi connectivity index (χ0n) is 11.2. The summed E-state index contributed by atoms with van der Waals surface area (Å²) >= 11 is 5.79. The highest BCUT2D eigenvalue weighted by Gasteiger charge is 2.26. The Bertz CT molecular complexity index is 569. The van der Waals surface area contributed by atoms with Gasteiger partial charge in [-0.1, -0.05) is 23.7 Å². The topological polar surface area (TPSA) is 63.4 Å². The molecule has 0 spiro atoms. The van der Waals surface area contributed by atoms with Crippen molar-refractivity contribution in [2.75, 3.05) is 19.6 Å². The zero-order valence-corrected chi connectivity index (χ0v) is 12.8. The van der Waals surface area contributed by atoms with Crippen LogP contribution in [0, 0.1) is 5.92 Å². The van der Waals surface area contributed by atoms with Gasteiger partial charge in [-0.2, -0.15) is 4.31 Å². The Morgan fingerprint density at radius 2 is 2.05 bits per heavy atom. The summed E-state index contributed by atoms with van der Waals surface area (Å²) in [5, 5.41) is 1.89. The normalized spacial score (nSPS) is 21.4. The summed E-state index contributed by atoms with van der Waals surface area (Å²) in [5.74, 6) is 0.266. The highest BCUT2D eigenvalue weighted by atomic mass is 35.5. The molecule has 0 bridgehead atoms. The van der Waals surface area contributed by atoms with Crippen LogP contribution in [0.3, 0.4) is 0 Å². The first-order chi connectivity index (χ1) is 9.51. The van der Waals surface area contributed by atoms with Crippen molar-refractivity contribution in [2.45, 2.75) is 12.8 Å². The largest absolute Gasteiger partial charge is 0.330 e. The molecule has 2 rings (SSSR count). The Kier molecular flexibility index (Phi) is 5.21. The molecule has 1 aromatic carbocycles. The summed E-state index contributed by atoms with van der Waals surface area (Å²) in [7, 11) is -3.37. The Morgan fingerprint density at radius 1 is 1.35 bits per heavy atom. The number of sulfonamides is 1. The molecule has 20 heavy (non-hydrogen) atoms. The van der Waals surface area contributed by atoms with Crippen molar-refractivity contribution in [2.24, 2.45) is 11.7 Å². The summed E-state index contributed by atoms with van der Waals surface area (Å²) in [6.07, 6.45) is 3.47. The molecule has 1 aliphatic heterocycles. The molecule has 110 valence electrons. The third kappa shape index (κ3) is 4.06. The quantitative estimate of drug-likeness (QED) is 0.927. The van der Waals surface area contributed by atoms with Crippen molar-refractivity contribution >= 4 is 27.7 Å². The number of benzene rings is 1. The molecule has 0 radical (unpaired) electrons. The average molecular weight is 315 g/mol. The molecule has 1 fully saturated rings. The molecule has 1 heterocycles. The number of rotatable bonds is 4. The molecular formula is C14H19ClN2O2S. The van der Waals surface area contributed by atoms with Gasteiger partial charge in [0.1, 0.15) is 0 Å². The van der Waals surface area contributed by atoms with Crippen LogP contribution in [0.1, 0.15) is 18.4 Å². The maximum Gasteiger partial charge on any atom is 0.236 e. The van der Waals surface area contributed by atoms with E-state index in [-0.39, 0.29) is 5.92 Å². The molecule has 0 aromatic heterocycles. The summed E-state index contributed by atoms with van der Waals surface area (Å²) in [6.45, 7) is 1.63. The van der Waals surface area contributed by atoms with Crippen molar-refractivity contribution in [3.8, 4) is 0 Å². The smallest absolute Gasteiger partial charge is 0.236 e. The van der Waals surface area contributed by atoms with Gasteiger partial charge < -0.3 is 5.73 Å². The molecule has 1 unspecified atom stereocenters. The van der Waals surface area contributed by atoms with E-state index in [2.05, 4.69) is 0 Å². The fraction of sp³-hybridized carbons (Fsp3) is 0.429. The Morgan fingerprint density at radius 3 is 2.70 bits per heavy atom. The lowest BCUT2D eigenvalue weighted by Gasteiger charge is -2.30. The molecule has 0 aliphatic carbocycles. The highest BCUT2D eigenvalue weighted by Crippen LogP contribution is 2.20. The molecule has 1 saturated heterocycles. The van der Waals surface area contributed by atoms with Crippen molar-refractivity contribution in [1.29, 1.82) is 0 Å². The van der Waals surface area contributed by atoms with Crippen molar-refractivity contribution < 1.29 is 8.42 Å². The van der Waals surface area contributed by atoms with Crippen LogP contribution in [0.5, 0.6) is 0 Å². The minimum atomic E-state index is -3.37. The molecular weight excluding hydrogens is 296 g/mol. The van der Waals surface area contributed by atoms with E-state index in [1.54, 1.807) is 30.3 Å². The van der Waals surface area contributed by atoms with Crippen LogP contribution in [0.2, 0.25) is 5.02 Å². The second-order valence-corrected chi connectivity index (χ2v) is 7.26. The van der Waals surface area contributed by atoms with Crippen molar-refractivity contribution in [3.05, 3.63) is 40.3 Å². The van der Waals surface area contributed by atoms with E-state index in [0.29, 0.717) is 24.7 Å². The minimum absolute atomic E-state index is 0.266. The van der Waals surface area contributed by atoms with Gasteiger partial charge in [-0.3, -0.25) is 0 Å². The van der Waals surface area contributed by atoms with E-state index in [1.165, 1.54) is 9.71 Å². The van der Waals surface area contributed by atoms with Gasteiger partial charge in [0.05, 0.1) is 0 Å². The van der Waals surface area contributed by atoms with Gasteiger partial charge in [-0.25, -0.2) is 8.42 Å². The van der Waals surface area contributed by atoms with Crippen LogP contribution in [0.25, 0.3) is 6.08 Å². The highest BCUT2D eigenvalue weighted by molar-refractivity contribution is 7.92. The van der Waals surface area contributed by atoms with Gasteiger partial charge in [0, 0.05) is 23.5 Å². The standard InChI is InChI=1S/C14H19ClN2O2S/c15-14-5-3-12(4-6-14)7-9-20(18,19)17-8-1-2-13(10-16)11-17/h3-7,9,13H,1-2,8,10-11,16H2. The molecule has 0 amide bonds. The second kappa shape index (κ2) is 6.72. The molecule has 0 saturated carbocycles. The summed E-state index contributed by atoms with van der Waals surface area (Å²) < 4.78 is 26.0. The van der Waals surface area contributed by atoms with E-state index in [0.717, 1.165) is 18.4 Å². The van der Waals surface area contributed by atoms with Crippen molar-refractivity contribution in [1.82, 2.24) is 4.31 Å². The second-order valence-electron chi connectivity index (χ2n) is 5.00. The summed E-state index contributed by atoms with van der Waals surface area (Å²) in [6, 6.07) is 7.04. The van der Waals surface area contributed by atoms with Crippen LogP contribution in [-0.4, -0.2) is 32.4 Å². The number of nitrogens with zero attached hydrogens (tertiary/aromatic N) is 1. The molecule has 6 heteroatoms. The molecule has 4 nitrogen and oxygen atoms in total. The number of piperidine rings is 1. The maximum atomic E-state index is 12.3. The molecule has 1 aliphatic rings. The van der Waals surface area contributed by atoms with Gasteiger partial charge in [-0.15, -0.1) is 0 Å². The Balaban J connectivity index is 2.08. The lowest BCUT2D eigenvalue weighted by molar-refractivity contribution is 0.274. The number of nitrogens with two attached hydrogens (primary N) is 1. The number of hydrogen-bond donors (Lipinski definition) is 1. The van der Waals surface area contributed by atoms with E-state index in [4.69, 9.17) is 17.3 Å². The SMILES string of the molecule is NCC1CCCN(S(=O)(=O)C=Cc2ccc(Cl)cc2)C1. The van der Waals surface area contributed by atoms with Gasteiger partial charge in [0.2, 0.25) is 10.0 Å². The van der Waals surface area contributed by atoms with Gasteiger partial charge in [0.25, 0.3) is 0 Å². The number of halogens is 1. The van der Waals surface area contributed by atoms with Crippen LogP contribution in [0.4, 0.5) is 0 Å². The average Bonchev–Trinajstić information content (AvgIpc) is 2.47. The van der Waals surface area contributed by atoms with E-state index in [9.17, 15) is 8.42 Å². The van der Waals surface area contributed by atoms with E-state index >= 15 is 0 Å². The van der Waals surface area contributed by atoms with Crippen LogP contribution < -0.4 is 5.73 Å². The fourth-order valence-corrected chi connectivity index (χ4v) is 3.70. The molecule has 2 N–H and O–H groups in total. The van der Waals surface area contributed by atoms with Crippen LogP contribution in [-0.2, 0) is 10.0 Å². The lowest BCUT2D eigenvalue weighted by Crippen LogP contribution is -2.41. The zero-order chi connectivity index (χ0) is 14.6. The van der Waals surface area contributed by atoms with E-state index in [1.807, 2.05) is 0 Å².